The van der Waals surface area contributed by atoms with E-state index < -0.39 is 0 Å². The fraction of sp³-hybridized carbons (Fsp3) is 0.444. The number of aromatic hydroxyl groups is 2. The Morgan fingerprint density at radius 1 is 1.40 bits per heavy atom. The minimum Gasteiger partial charge on any atom is -0.508 e. The van der Waals surface area contributed by atoms with E-state index in [0.29, 0.717) is 24.0 Å². The van der Waals surface area contributed by atoms with Gasteiger partial charge in [-0.05, 0) is 25.8 Å². The second kappa shape index (κ2) is 8.02. The predicted molar refractivity (Wildman–Crippen MR) is 90.3 cm³/mol. The van der Waals surface area contributed by atoms with Crippen molar-refractivity contribution >= 4 is 11.9 Å². The average Bonchev–Trinajstić information content (AvgIpc) is 2.89. The lowest BCUT2D eigenvalue weighted by Crippen LogP contribution is -2.26. The maximum Gasteiger partial charge on any atom is 0.309 e. The Labute approximate surface area is 146 Å². The molecule has 0 fully saturated rings. The van der Waals surface area contributed by atoms with Gasteiger partial charge in [-0.2, -0.15) is 0 Å². The summed E-state index contributed by atoms with van der Waals surface area (Å²) in [6.07, 6.45) is 2.85. The third-order valence-electron chi connectivity index (χ3n) is 4.34. The topological polar surface area (TPSA) is 107 Å². The Bertz CT molecular complexity index is 710. The fourth-order valence-corrected chi connectivity index (χ4v) is 2.84. The summed E-state index contributed by atoms with van der Waals surface area (Å²) in [6, 6.07) is 1.37. The molecule has 0 radical (unpaired) electrons. The first-order chi connectivity index (χ1) is 11.9. The summed E-state index contributed by atoms with van der Waals surface area (Å²) in [5.74, 6) is -0.846. The first-order valence-electron chi connectivity index (χ1n) is 8.08. The Morgan fingerprint density at radius 3 is 2.76 bits per heavy atom. The van der Waals surface area contributed by atoms with Crippen LogP contribution in [0.2, 0.25) is 0 Å². The number of ether oxygens (including phenoxy) is 1. The van der Waals surface area contributed by atoms with Crippen molar-refractivity contribution in [3.63, 3.8) is 0 Å². The maximum atomic E-state index is 12.2. The molecule has 0 saturated heterocycles. The highest BCUT2D eigenvalue weighted by Gasteiger charge is 2.31. The SMILES string of the molecule is COC(=O)C/C=C(\C)CCc1c(O)cc2c(c1O)CN(CCO)C2=O. The van der Waals surface area contributed by atoms with E-state index in [1.54, 1.807) is 6.08 Å². The lowest BCUT2D eigenvalue weighted by atomic mass is 9.98. The Hall–Kier alpha value is -2.54. The molecule has 7 nitrogen and oxygen atoms in total. The van der Waals surface area contributed by atoms with E-state index in [9.17, 15) is 19.8 Å². The molecule has 3 N–H and O–H groups in total. The van der Waals surface area contributed by atoms with Crippen LogP contribution in [0.25, 0.3) is 0 Å². The highest BCUT2D eigenvalue weighted by molar-refractivity contribution is 6.00. The van der Waals surface area contributed by atoms with Gasteiger partial charge in [-0.1, -0.05) is 11.6 Å². The molecule has 0 unspecified atom stereocenters. The number of phenolic OH excluding ortho intramolecular Hbond substituents is 2. The number of aliphatic hydroxyl groups is 1. The van der Waals surface area contributed by atoms with Crippen molar-refractivity contribution in [1.82, 2.24) is 4.90 Å². The van der Waals surface area contributed by atoms with E-state index in [2.05, 4.69) is 4.74 Å². The first-order valence-corrected chi connectivity index (χ1v) is 8.08. The molecular weight excluding hydrogens is 326 g/mol. The van der Waals surface area contributed by atoms with E-state index in [-0.39, 0.29) is 55.1 Å². The second-order valence-corrected chi connectivity index (χ2v) is 6.03. The van der Waals surface area contributed by atoms with Crippen LogP contribution in [0.15, 0.2) is 17.7 Å². The van der Waals surface area contributed by atoms with Gasteiger partial charge in [-0.15, -0.1) is 0 Å². The quantitative estimate of drug-likeness (QED) is 0.508. The summed E-state index contributed by atoms with van der Waals surface area (Å²) in [6.45, 7) is 2.09. The Balaban J connectivity index is 2.15. The zero-order valence-electron chi connectivity index (χ0n) is 14.4. The smallest absolute Gasteiger partial charge is 0.309 e. The van der Waals surface area contributed by atoms with E-state index in [1.165, 1.54) is 18.1 Å². The normalized spacial score (nSPS) is 14.0. The number of benzene rings is 1. The number of esters is 1. The molecule has 1 aliphatic rings. The molecule has 2 rings (SSSR count). The van der Waals surface area contributed by atoms with Crippen LogP contribution in [0.5, 0.6) is 11.5 Å². The lowest BCUT2D eigenvalue weighted by Gasteiger charge is -2.13. The van der Waals surface area contributed by atoms with Crippen LogP contribution < -0.4 is 0 Å². The van der Waals surface area contributed by atoms with Crippen molar-refractivity contribution in [2.45, 2.75) is 32.7 Å². The van der Waals surface area contributed by atoms with Crippen molar-refractivity contribution in [1.29, 1.82) is 0 Å². The number of nitrogens with zero attached hydrogens (tertiary/aromatic N) is 1. The van der Waals surface area contributed by atoms with Gasteiger partial charge in [-0.25, -0.2) is 0 Å². The van der Waals surface area contributed by atoms with Crippen molar-refractivity contribution in [3.8, 4) is 11.5 Å². The molecule has 1 aromatic rings. The van der Waals surface area contributed by atoms with Crippen LogP contribution in [-0.4, -0.2) is 52.4 Å². The molecule has 1 aliphatic heterocycles. The largest absolute Gasteiger partial charge is 0.508 e. The summed E-state index contributed by atoms with van der Waals surface area (Å²) in [4.78, 5) is 24.8. The van der Waals surface area contributed by atoms with E-state index in [1.807, 2.05) is 6.92 Å². The number of methoxy groups -OCH3 is 1. The molecule has 136 valence electrons. The van der Waals surface area contributed by atoms with Crippen LogP contribution in [0, 0.1) is 0 Å². The molecule has 0 saturated carbocycles. The van der Waals surface area contributed by atoms with Crippen molar-refractivity contribution < 1.29 is 29.6 Å². The summed E-state index contributed by atoms with van der Waals surface area (Å²) >= 11 is 0. The molecule has 25 heavy (non-hydrogen) atoms. The number of carbonyl (C=O) groups is 2. The van der Waals surface area contributed by atoms with Gasteiger partial charge in [0.25, 0.3) is 5.91 Å². The standard InChI is InChI=1S/C18H23NO6/c1-11(4-6-16(22)25-2)3-5-12-15(21)9-13-14(17(12)23)10-19(7-8-20)18(13)24/h4,9,20-21,23H,3,5-8,10H2,1-2H3/b11-4+. The number of amides is 1. The number of rotatable bonds is 7. The number of aliphatic hydroxyl groups excluding tert-OH is 1. The number of phenols is 2. The highest BCUT2D eigenvalue weighted by atomic mass is 16.5. The second-order valence-electron chi connectivity index (χ2n) is 6.03. The van der Waals surface area contributed by atoms with Crippen molar-refractivity contribution in [2.24, 2.45) is 0 Å². The van der Waals surface area contributed by atoms with Gasteiger partial charge >= 0.3 is 5.97 Å². The molecule has 1 amide bonds. The van der Waals surface area contributed by atoms with Crippen LogP contribution in [-0.2, 0) is 22.5 Å². The van der Waals surface area contributed by atoms with Gasteiger partial charge in [-0.3, -0.25) is 9.59 Å². The fourth-order valence-electron chi connectivity index (χ4n) is 2.84. The van der Waals surface area contributed by atoms with Crippen LogP contribution in [0.1, 0.15) is 41.3 Å². The van der Waals surface area contributed by atoms with Gasteiger partial charge in [0.2, 0.25) is 0 Å². The number of carbonyl (C=O) groups excluding carboxylic acids is 2. The first kappa shape index (κ1) is 18.8. The van der Waals surface area contributed by atoms with Gasteiger partial charge < -0.3 is 25.0 Å². The maximum absolute atomic E-state index is 12.2. The highest BCUT2D eigenvalue weighted by Crippen LogP contribution is 2.39. The monoisotopic (exact) mass is 349 g/mol. The minimum absolute atomic E-state index is 0.0791. The molecule has 7 heteroatoms. The van der Waals surface area contributed by atoms with Crippen molar-refractivity contribution in [2.75, 3.05) is 20.3 Å². The molecule has 1 aromatic carbocycles. The van der Waals surface area contributed by atoms with Gasteiger partial charge in [0.05, 0.1) is 32.2 Å². The van der Waals surface area contributed by atoms with E-state index in [0.717, 1.165) is 5.57 Å². The third kappa shape index (κ3) is 4.11. The molecule has 0 aliphatic carbocycles. The Kier molecular flexibility index (Phi) is 6.03. The molecule has 0 atom stereocenters. The lowest BCUT2D eigenvalue weighted by molar-refractivity contribution is -0.139. The minimum atomic E-state index is -0.329. The number of β-amino-alcohol motifs (C(OH)–C–C–N with tert-alkyl or cyclic N) is 1. The summed E-state index contributed by atoms with van der Waals surface area (Å²) in [5, 5.41) is 29.7. The molecule has 0 bridgehead atoms. The summed E-state index contributed by atoms with van der Waals surface area (Å²) in [7, 11) is 1.33. The molecule has 1 heterocycles. The third-order valence-corrected chi connectivity index (χ3v) is 4.34. The van der Waals surface area contributed by atoms with E-state index >= 15 is 0 Å². The van der Waals surface area contributed by atoms with E-state index in [4.69, 9.17) is 5.11 Å². The number of hydrogen-bond acceptors (Lipinski definition) is 6. The summed E-state index contributed by atoms with van der Waals surface area (Å²) < 4.78 is 4.57. The van der Waals surface area contributed by atoms with Crippen LogP contribution in [0.3, 0.4) is 0 Å². The predicted octanol–water partition coefficient (Wildman–Crippen LogP) is 1.49. The van der Waals surface area contributed by atoms with Crippen molar-refractivity contribution in [3.05, 3.63) is 34.4 Å². The zero-order valence-corrected chi connectivity index (χ0v) is 14.4. The number of fused-ring (bicyclic) bond motifs is 1. The molecule has 0 aromatic heterocycles. The molecular formula is C18H23NO6. The molecule has 0 spiro atoms. The van der Waals surface area contributed by atoms with Gasteiger partial charge in [0.15, 0.2) is 0 Å². The average molecular weight is 349 g/mol. The van der Waals surface area contributed by atoms with Gasteiger partial charge in [0, 0.05) is 17.7 Å². The number of allylic oxidation sites excluding steroid dienone is 1. The van der Waals surface area contributed by atoms with Crippen LogP contribution in [0.4, 0.5) is 0 Å². The Morgan fingerprint density at radius 2 is 2.12 bits per heavy atom. The number of hydrogen-bond donors (Lipinski definition) is 3. The zero-order chi connectivity index (χ0) is 18.6. The summed E-state index contributed by atoms with van der Waals surface area (Å²) in [5.41, 5.74) is 2.05. The van der Waals surface area contributed by atoms with Gasteiger partial charge in [0.1, 0.15) is 11.5 Å². The van der Waals surface area contributed by atoms with Crippen LogP contribution >= 0.6 is 0 Å².